The quantitative estimate of drug-likeness (QED) is 0.0740. The van der Waals surface area contributed by atoms with E-state index in [4.69, 9.17) is 0 Å². The second-order valence-electron chi connectivity index (χ2n) is 9.40. The molecule has 0 aromatic carbocycles. The summed E-state index contributed by atoms with van der Waals surface area (Å²) in [5.41, 5.74) is 0. The van der Waals surface area contributed by atoms with Crippen LogP contribution in [-0.2, 0) is 23.2 Å². The average Bonchev–Trinajstić information content (AvgIpc) is 3.27. The summed E-state index contributed by atoms with van der Waals surface area (Å²) in [6.45, 7) is 6.94. The van der Waals surface area contributed by atoms with Crippen LogP contribution < -0.4 is 4.57 Å². The molecule has 39 heavy (non-hydrogen) atoms. The molecule has 0 spiro atoms. The number of rotatable bonds is 18. The third kappa shape index (κ3) is 11.9. The van der Waals surface area contributed by atoms with Gasteiger partial charge >= 0.3 is 23.3 Å². The maximum Gasteiger partial charge on any atom is 0.460 e. The van der Waals surface area contributed by atoms with E-state index in [9.17, 15) is 52.5 Å². The van der Waals surface area contributed by atoms with Crippen LogP contribution in [0.2, 0.25) is 0 Å². The van der Waals surface area contributed by atoms with Gasteiger partial charge in [0.05, 0.1) is 13.1 Å². The van der Waals surface area contributed by atoms with Crippen molar-refractivity contribution in [1.29, 1.82) is 0 Å². The Hall–Kier alpha value is -1.51. The van der Waals surface area contributed by atoms with Gasteiger partial charge in [-0.25, -0.2) is 17.6 Å². The normalized spacial score (nSPS) is 13.3. The van der Waals surface area contributed by atoms with Crippen LogP contribution in [0.25, 0.3) is 0 Å². The van der Waals surface area contributed by atoms with Crippen LogP contribution in [0.4, 0.5) is 39.5 Å². The summed E-state index contributed by atoms with van der Waals surface area (Å²) >= 11 is 0. The van der Waals surface area contributed by atoms with E-state index in [1.165, 1.54) is 96.6 Å². The Bertz CT molecular complexity index is 905. The lowest BCUT2D eigenvalue weighted by atomic mass is 10.1. The van der Waals surface area contributed by atoms with E-state index < -0.39 is 33.4 Å². The number of nitrogens with zero attached hydrogens (tertiary/aromatic N) is 2. The summed E-state index contributed by atoms with van der Waals surface area (Å²) < 4.78 is 140. The molecule has 0 unspecified atom stereocenters. The third-order valence-corrected chi connectivity index (χ3v) is 6.85. The van der Waals surface area contributed by atoms with Crippen LogP contribution in [-0.4, -0.2) is 40.8 Å². The van der Waals surface area contributed by atoms with Crippen molar-refractivity contribution in [2.24, 2.45) is 0 Å². The fraction of sp³-hybridized carbons (Fsp3) is 0.875. The van der Waals surface area contributed by atoms with E-state index >= 15 is 0 Å². The molecule has 0 aliphatic carbocycles. The highest BCUT2D eigenvalue weighted by Gasteiger charge is 2.83. The zero-order chi connectivity index (χ0) is 30.4. The molecule has 0 atom stereocenters. The van der Waals surface area contributed by atoms with Crippen molar-refractivity contribution in [2.45, 2.75) is 134 Å². The molecule has 0 aliphatic heterocycles. The van der Waals surface area contributed by atoms with E-state index in [2.05, 4.69) is 41.7 Å². The Morgan fingerprint density at radius 1 is 0.692 bits per heavy atom. The molecule has 1 rings (SSSR count). The van der Waals surface area contributed by atoms with Gasteiger partial charge in [0.15, 0.2) is 10.1 Å². The zero-order valence-corrected chi connectivity index (χ0v) is 23.1. The molecule has 0 aliphatic rings. The summed E-state index contributed by atoms with van der Waals surface area (Å²) in [6, 6.07) is 0. The van der Waals surface area contributed by atoms with E-state index in [0.717, 1.165) is 0 Å². The Labute approximate surface area is 224 Å². The number of hydrogen-bond acceptors (Lipinski definition) is 3. The van der Waals surface area contributed by atoms with E-state index in [1.807, 2.05) is 0 Å². The van der Waals surface area contributed by atoms with Gasteiger partial charge in [-0.3, -0.25) is 0 Å². The summed E-state index contributed by atoms with van der Waals surface area (Å²) in [5, 5.41) is -7.11. The van der Waals surface area contributed by atoms with Crippen LogP contribution in [0.5, 0.6) is 0 Å². The second-order valence-corrected chi connectivity index (χ2v) is 10.8. The number of halogens is 9. The highest BCUT2D eigenvalue weighted by molar-refractivity contribution is 7.86. The van der Waals surface area contributed by atoms with Gasteiger partial charge < -0.3 is 4.55 Å². The lowest BCUT2D eigenvalue weighted by Crippen LogP contribution is -2.63. The van der Waals surface area contributed by atoms with Crippen molar-refractivity contribution in [3.8, 4) is 0 Å². The van der Waals surface area contributed by atoms with Crippen molar-refractivity contribution >= 4 is 10.1 Å². The summed E-state index contributed by atoms with van der Waals surface area (Å²) in [5.74, 6) is -14.8. The maximum absolute atomic E-state index is 12.2. The minimum atomic E-state index is -7.43. The monoisotopic (exact) mass is 606 g/mol. The first-order chi connectivity index (χ1) is 17.9. The first-order valence-corrected chi connectivity index (χ1v) is 14.5. The lowest BCUT2D eigenvalue weighted by Gasteiger charge is -2.34. The van der Waals surface area contributed by atoms with Gasteiger partial charge in [0.25, 0.3) is 0 Å². The Kier molecular flexibility index (Phi) is 16.0. The van der Waals surface area contributed by atoms with E-state index in [0.29, 0.717) is 0 Å². The summed E-state index contributed by atoms with van der Waals surface area (Å²) in [7, 11) is -7.42. The smallest absolute Gasteiger partial charge is 0.460 e. The second kappa shape index (κ2) is 16.7. The molecule has 232 valence electrons. The number of unbranched alkanes of at least 4 members (excludes halogenated alkanes) is 11. The van der Waals surface area contributed by atoms with Crippen LogP contribution >= 0.6 is 0 Å². The van der Waals surface area contributed by atoms with Crippen LogP contribution in [0, 0.1) is 0 Å². The van der Waals surface area contributed by atoms with Gasteiger partial charge in [0, 0.05) is 0 Å². The lowest BCUT2D eigenvalue weighted by molar-refractivity contribution is -0.696. The Morgan fingerprint density at radius 3 is 1.56 bits per heavy atom. The number of hydrogen-bond donors (Lipinski definition) is 0. The molecule has 1 heterocycles. The highest BCUT2D eigenvalue weighted by Crippen LogP contribution is 2.54. The maximum atomic E-state index is 12.2. The van der Waals surface area contributed by atoms with Gasteiger partial charge in [-0.15, -0.1) is 0 Å². The standard InChI is InChI=1S/C20H39N2.C4HF9O3S/c1-3-5-7-9-10-11-12-13-15-17-22-19-18-21(20-22)16-14-8-6-4-2;5-1(6,3(9,10)11)2(7,8)4(12,13)17(14,15)16/h18-20H,3-17H2,1-2H3;(H,14,15,16)/q+1;/p-1. The van der Waals surface area contributed by atoms with Crippen molar-refractivity contribution < 1.29 is 57.1 Å². The fourth-order valence-electron chi connectivity index (χ4n) is 3.55. The molecule has 0 amide bonds. The Morgan fingerprint density at radius 2 is 1.13 bits per heavy atom. The largest absolute Gasteiger partial charge is 0.743 e. The van der Waals surface area contributed by atoms with Crippen LogP contribution in [0.3, 0.4) is 0 Å². The zero-order valence-electron chi connectivity index (χ0n) is 22.3. The van der Waals surface area contributed by atoms with Crippen LogP contribution in [0.15, 0.2) is 18.7 Å². The molecule has 0 radical (unpaired) electrons. The van der Waals surface area contributed by atoms with Gasteiger partial charge in [0.2, 0.25) is 6.33 Å². The van der Waals surface area contributed by atoms with Crippen molar-refractivity contribution in [3.63, 3.8) is 0 Å². The van der Waals surface area contributed by atoms with Gasteiger partial charge in [-0.05, 0) is 25.7 Å². The van der Waals surface area contributed by atoms with Gasteiger partial charge in [0.1, 0.15) is 12.4 Å². The molecule has 0 bridgehead atoms. The van der Waals surface area contributed by atoms with Crippen molar-refractivity contribution in [2.75, 3.05) is 0 Å². The fourth-order valence-corrected chi connectivity index (χ4v) is 3.99. The average molecular weight is 607 g/mol. The molecular formula is C24H39F9N2O3S. The molecule has 0 N–H and O–H groups in total. The molecule has 5 nitrogen and oxygen atoms in total. The van der Waals surface area contributed by atoms with Gasteiger partial charge in [-0.2, -0.15) is 39.5 Å². The predicted octanol–water partition coefficient (Wildman–Crippen LogP) is 7.84. The summed E-state index contributed by atoms with van der Waals surface area (Å²) in [4.78, 5) is 0. The van der Waals surface area contributed by atoms with E-state index in [1.54, 1.807) is 0 Å². The number of aromatic nitrogens is 2. The van der Waals surface area contributed by atoms with E-state index in [-0.39, 0.29) is 0 Å². The van der Waals surface area contributed by atoms with Crippen LogP contribution in [0.1, 0.15) is 97.3 Å². The highest BCUT2D eigenvalue weighted by atomic mass is 32.2. The Balaban J connectivity index is 0.000000768. The minimum absolute atomic E-state index is 1.19. The number of aryl methyl sites for hydroxylation is 2. The first kappa shape index (κ1) is 37.5. The molecule has 0 fully saturated rings. The summed E-state index contributed by atoms with van der Waals surface area (Å²) in [6.07, 6.45) is 17.7. The number of alkyl halides is 9. The molecule has 1 aromatic heterocycles. The minimum Gasteiger partial charge on any atom is -0.743 e. The van der Waals surface area contributed by atoms with Crippen molar-refractivity contribution in [1.82, 2.24) is 4.57 Å². The topological polar surface area (TPSA) is 66.0 Å². The predicted molar refractivity (Wildman–Crippen MR) is 127 cm³/mol. The molecular weight excluding hydrogens is 567 g/mol. The van der Waals surface area contributed by atoms with Gasteiger partial charge in [-0.1, -0.05) is 71.6 Å². The SMILES string of the molecule is CCCCCCCCCCC[n+]1ccn(CCCCCC)c1.O=S(=O)([O-])C(F)(F)C(F)(F)C(F)(F)C(F)(F)F. The molecule has 1 aromatic rings. The molecule has 15 heteroatoms. The molecule has 0 saturated carbocycles. The third-order valence-electron chi connectivity index (χ3n) is 5.97. The first-order valence-electron chi connectivity index (χ1n) is 13.1. The number of imidazole rings is 1. The molecule has 0 saturated heterocycles. The van der Waals surface area contributed by atoms with Crippen molar-refractivity contribution in [3.05, 3.63) is 18.7 Å².